The van der Waals surface area contributed by atoms with Gasteiger partial charge in [0, 0.05) is 6.20 Å². The Kier molecular flexibility index (Phi) is 6.15. The molecule has 0 aliphatic rings. The fourth-order valence-corrected chi connectivity index (χ4v) is 2.82. The molecule has 0 saturated heterocycles. The van der Waals surface area contributed by atoms with E-state index in [0.29, 0.717) is 15.9 Å². The topological polar surface area (TPSA) is 24.9 Å². The summed E-state index contributed by atoms with van der Waals surface area (Å²) in [5.74, 6) is -0.257. The first-order valence-corrected chi connectivity index (χ1v) is 8.06. The van der Waals surface area contributed by atoms with Crippen LogP contribution in [0.4, 0.5) is 4.39 Å². The highest BCUT2D eigenvalue weighted by Gasteiger charge is 2.16. The highest BCUT2D eigenvalue weighted by Crippen LogP contribution is 2.25. The molecule has 1 atom stereocenters. The first-order valence-electron chi connectivity index (χ1n) is 6.89. The van der Waals surface area contributed by atoms with Gasteiger partial charge in [-0.3, -0.25) is 4.98 Å². The molecule has 2 aromatic rings. The van der Waals surface area contributed by atoms with Gasteiger partial charge in [-0.1, -0.05) is 24.6 Å². The van der Waals surface area contributed by atoms with Crippen LogP contribution < -0.4 is 5.32 Å². The van der Waals surface area contributed by atoms with E-state index < -0.39 is 0 Å². The first-order chi connectivity index (χ1) is 10.1. The molecular weight excluding hydrogens is 355 g/mol. The lowest BCUT2D eigenvalue weighted by Crippen LogP contribution is -2.25. The van der Waals surface area contributed by atoms with Gasteiger partial charge in [-0.25, -0.2) is 4.39 Å². The Morgan fingerprint density at radius 3 is 2.86 bits per heavy atom. The SMILES string of the molecule is CCCNC(Cc1ccc(F)c(Br)c1)c1ncccc1Cl. The maximum atomic E-state index is 13.3. The Hall–Kier alpha value is -0.970. The van der Waals surface area contributed by atoms with Gasteiger partial charge in [0.15, 0.2) is 0 Å². The van der Waals surface area contributed by atoms with Crippen LogP contribution in [0.3, 0.4) is 0 Å². The number of rotatable bonds is 6. The Morgan fingerprint density at radius 1 is 1.38 bits per heavy atom. The fraction of sp³-hybridized carbons (Fsp3) is 0.312. The summed E-state index contributed by atoms with van der Waals surface area (Å²) in [6.45, 7) is 2.98. The molecule has 0 spiro atoms. The van der Waals surface area contributed by atoms with E-state index >= 15 is 0 Å². The molecule has 5 heteroatoms. The smallest absolute Gasteiger partial charge is 0.137 e. The molecule has 0 amide bonds. The van der Waals surface area contributed by atoms with Crippen LogP contribution in [0, 0.1) is 5.82 Å². The molecule has 0 radical (unpaired) electrons. The maximum Gasteiger partial charge on any atom is 0.137 e. The van der Waals surface area contributed by atoms with Crippen molar-refractivity contribution in [1.29, 1.82) is 0 Å². The second-order valence-corrected chi connectivity index (χ2v) is 6.09. The highest BCUT2D eigenvalue weighted by molar-refractivity contribution is 9.10. The lowest BCUT2D eigenvalue weighted by molar-refractivity contribution is 0.517. The lowest BCUT2D eigenvalue weighted by Gasteiger charge is -2.19. The van der Waals surface area contributed by atoms with Gasteiger partial charge in [0.25, 0.3) is 0 Å². The molecule has 21 heavy (non-hydrogen) atoms. The molecule has 0 fully saturated rings. The zero-order valence-corrected chi connectivity index (χ0v) is 14.1. The monoisotopic (exact) mass is 370 g/mol. The average Bonchev–Trinajstić information content (AvgIpc) is 2.48. The summed E-state index contributed by atoms with van der Waals surface area (Å²) in [4.78, 5) is 4.39. The lowest BCUT2D eigenvalue weighted by atomic mass is 10.0. The molecule has 2 rings (SSSR count). The minimum atomic E-state index is -0.257. The molecular formula is C16H17BrClFN2. The van der Waals surface area contributed by atoms with Crippen molar-refractivity contribution >= 4 is 27.5 Å². The van der Waals surface area contributed by atoms with Crippen LogP contribution in [0.25, 0.3) is 0 Å². The van der Waals surface area contributed by atoms with Crippen molar-refractivity contribution in [3.8, 4) is 0 Å². The zero-order chi connectivity index (χ0) is 15.2. The van der Waals surface area contributed by atoms with E-state index in [1.54, 1.807) is 18.3 Å². The summed E-state index contributed by atoms with van der Waals surface area (Å²) >= 11 is 9.47. The van der Waals surface area contributed by atoms with Crippen molar-refractivity contribution in [1.82, 2.24) is 10.3 Å². The van der Waals surface area contributed by atoms with Crippen LogP contribution in [0.15, 0.2) is 41.0 Å². The van der Waals surface area contributed by atoms with Crippen molar-refractivity contribution in [2.75, 3.05) is 6.54 Å². The molecule has 1 unspecified atom stereocenters. The quantitative estimate of drug-likeness (QED) is 0.779. The van der Waals surface area contributed by atoms with Crippen molar-refractivity contribution in [3.63, 3.8) is 0 Å². The summed E-state index contributed by atoms with van der Waals surface area (Å²) in [5.41, 5.74) is 1.85. The van der Waals surface area contributed by atoms with Crippen LogP contribution in [0.2, 0.25) is 5.02 Å². The molecule has 0 bridgehead atoms. The number of nitrogens with one attached hydrogen (secondary N) is 1. The van der Waals surface area contributed by atoms with E-state index in [1.807, 2.05) is 12.1 Å². The number of hydrogen-bond donors (Lipinski definition) is 1. The molecule has 1 N–H and O–H groups in total. The van der Waals surface area contributed by atoms with E-state index in [2.05, 4.69) is 33.2 Å². The van der Waals surface area contributed by atoms with E-state index in [0.717, 1.165) is 24.2 Å². The second kappa shape index (κ2) is 7.87. The van der Waals surface area contributed by atoms with Crippen LogP contribution >= 0.6 is 27.5 Å². The van der Waals surface area contributed by atoms with Crippen molar-refractivity contribution in [3.05, 3.63) is 63.1 Å². The number of benzene rings is 1. The van der Waals surface area contributed by atoms with Gasteiger partial charge in [-0.15, -0.1) is 0 Å². The van der Waals surface area contributed by atoms with Gasteiger partial charge in [-0.05, 0) is 65.1 Å². The van der Waals surface area contributed by atoms with Crippen molar-refractivity contribution < 1.29 is 4.39 Å². The van der Waals surface area contributed by atoms with Crippen molar-refractivity contribution in [2.45, 2.75) is 25.8 Å². The summed E-state index contributed by atoms with van der Waals surface area (Å²) < 4.78 is 13.8. The van der Waals surface area contributed by atoms with Crippen LogP contribution in [-0.2, 0) is 6.42 Å². The summed E-state index contributed by atoms with van der Waals surface area (Å²) in [5, 5.41) is 4.10. The van der Waals surface area contributed by atoms with Gasteiger partial charge < -0.3 is 5.32 Å². The molecule has 1 aromatic carbocycles. The summed E-state index contributed by atoms with van der Waals surface area (Å²) in [6, 6.07) is 8.72. The fourth-order valence-electron chi connectivity index (χ4n) is 2.14. The Morgan fingerprint density at radius 2 is 2.19 bits per heavy atom. The van der Waals surface area contributed by atoms with Gasteiger partial charge in [-0.2, -0.15) is 0 Å². The molecule has 1 aromatic heterocycles. The summed E-state index contributed by atoms with van der Waals surface area (Å²) in [6.07, 6.45) is 3.46. The summed E-state index contributed by atoms with van der Waals surface area (Å²) in [7, 11) is 0. The first kappa shape index (κ1) is 16.4. The number of nitrogens with zero attached hydrogens (tertiary/aromatic N) is 1. The Labute approximate surface area is 137 Å². The highest BCUT2D eigenvalue weighted by atomic mass is 79.9. The van der Waals surface area contributed by atoms with E-state index in [1.165, 1.54) is 6.07 Å². The molecule has 0 aliphatic carbocycles. The minimum Gasteiger partial charge on any atom is -0.308 e. The predicted molar refractivity (Wildman–Crippen MR) is 88.1 cm³/mol. The van der Waals surface area contributed by atoms with Gasteiger partial charge in [0.1, 0.15) is 5.82 Å². The van der Waals surface area contributed by atoms with Crippen LogP contribution in [-0.4, -0.2) is 11.5 Å². The Balaban J connectivity index is 2.24. The third kappa shape index (κ3) is 4.50. The third-order valence-electron chi connectivity index (χ3n) is 3.18. The standard InChI is InChI=1S/C16H17BrClFN2/c1-2-7-20-15(16-13(18)4-3-8-21-16)10-11-5-6-14(19)12(17)9-11/h3-6,8-9,15,20H,2,7,10H2,1H3. The average molecular weight is 372 g/mol. The maximum absolute atomic E-state index is 13.3. The molecule has 0 aliphatic heterocycles. The Bertz CT molecular complexity index is 607. The molecule has 2 nitrogen and oxygen atoms in total. The number of aromatic nitrogens is 1. The largest absolute Gasteiger partial charge is 0.308 e. The van der Waals surface area contributed by atoms with E-state index in [9.17, 15) is 4.39 Å². The molecule has 0 saturated carbocycles. The molecule has 1 heterocycles. The van der Waals surface area contributed by atoms with E-state index in [-0.39, 0.29) is 11.9 Å². The van der Waals surface area contributed by atoms with Crippen LogP contribution in [0.5, 0.6) is 0 Å². The predicted octanol–water partition coefficient (Wildman–Crippen LogP) is 4.92. The van der Waals surface area contributed by atoms with Gasteiger partial charge in [0.2, 0.25) is 0 Å². The van der Waals surface area contributed by atoms with Gasteiger partial charge >= 0.3 is 0 Å². The zero-order valence-electron chi connectivity index (χ0n) is 11.7. The van der Waals surface area contributed by atoms with Gasteiger partial charge in [0.05, 0.1) is 21.2 Å². The second-order valence-electron chi connectivity index (χ2n) is 4.83. The third-order valence-corrected chi connectivity index (χ3v) is 4.11. The number of hydrogen-bond acceptors (Lipinski definition) is 2. The normalized spacial score (nSPS) is 12.4. The molecule has 112 valence electrons. The minimum absolute atomic E-state index is 0.0102. The van der Waals surface area contributed by atoms with E-state index in [4.69, 9.17) is 11.6 Å². The number of halogens is 3. The van der Waals surface area contributed by atoms with Crippen molar-refractivity contribution in [2.24, 2.45) is 0 Å². The number of pyridine rings is 1. The van der Waals surface area contributed by atoms with Crippen LogP contribution in [0.1, 0.15) is 30.6 Å².